The van der Waals surface area contributed by atoms with Gasteiger partial charge in [-0.2, -0.15) is 0 Å². The van der Waals surface area contributed by atoms with Crippen LogP contribution in [0, 0.1) is 18.8 Å². The van der Waals surface area contributed by atoms with Crippen molar-refractivity contribution in [2.24, 2.45) is 11.8 Å². The number of methoxy groups -OCH3 is 1. The Morgan fingerprint density at radius 2 is 2.08 bits per heavy atom. The molecule has 0 spiro atoms. The number of nitrogens with one attached hydrogen (secondary N) is 2. The Balaban J connectivity index is 1.80. The van der Waals surface area contributed by atoms with Crippen molar-refractivity contribution < 1.29 is 13.2 Å². The van der Waals surface area contributed by atoms with Crippen molar-refractivity contribution in [3.05, 3.63) is 29.5 Å². The normalized spacial score (nSPS) is 21.8. The van der Waals surface area contributed by atoms with E-state index < -0.39 is 10.0 Å². The van der Waals surface area contributed by atoms with Crippen LogP contribution >= 0.6 is 0 Å². The number of aromatic amines is 1. The van der Waals surface area contributed by atoms with Gasteiger partial charge in [-0.15, -0.1) is 0 Å². The van der Waals surface area contributed by atoms with Gasteiger partial charge in [0.25, 0.3) is 0 Å². The van der Waals surface area contributed by atoms with E-state index >= 15 is 0 Å². The average molecular weight is 380 g/mol. The zero-order chi connectivity index (χ0) is 19.1. The van der Waals surface area contributed by atoms with E-state index in [1.807, 2.05) is 12.1 Å². The number of aromatic nitrogens is 1. The van der Waals surface area contributed by atoms with Crippen molar-refractivity contribution in [2.75, 3.05) is 26.5 Å². The van der Waals surface area contributed by atoms with Crippen molar-refractivity contribution in [1.82, 2.24) is 14.6 Å². The molecule has 144 valence electrons. The van der Waals surface area contributed by atoms with E-state index in [1.54, 1.807) is 7.11 Å². The number of likely N-dealkylation sites (tertiary alicyclic amines) is 1. The summed E-state index contributed by atoms with van der Waals surface area (Å²) in [6, 6.07) is 6.02. The van der Waals surface area contributed by atoms with Crippen LogP contribution in [0.3, 0.4) is 0 Å². The fourth-order valence-corrected chi connectivity index (χ4v) is 4.79. The first-order valence-corrected chi connectivity index (χ1v) is 10.9. The fraction of sp³-hybridized carbons (Fsp3) is 0.579. The van der Waals surface area contributed by atoms with Gasteiger partial charge >= 0.3 is 0 Å². The summed E-state index contributed by atoms with van der Waals surface area (Å²) in [6.07, 6.45) is 1.24. The molecule has 6 nitrogen and oxygen atoms in total. The molecule has 1 fully saturated rings. The summed E-state index contributed by atoms with van der Waals surface area (Å²) in [5.74, 6) is 1.59. The van der Waals surface area contributed by atoms with Crippen molar-refractivity contribution in [1.29, 1.82) is 0 Å². The zero-order valence-electron chi connectivity index (χ0n) is 16.2. The van der Waals surface area contributed by atoms with Crippen LogP contribution in [0.4, 0.5) is 0 Å². The largest absolute Gasteiger partial charge is 0.497 e. The molecule has 2 aromatic rings. The molecule has 0 aliphatic carbocycles. The lowest BCUT2D eigenvalue weighted by Gasteiger charge is -2.21. The van der Waals surface area contributed by atoms with Crippen molar-refractivity contribution >= 4 is 20.9 Å². The van der Waals surface area contributed by atoms with Crippen LogP contribution in [0.15, 0.2) is 18.2 Å². The Labute approximate surface area is 156 Å². The molecule has 0 amide bonds. The van der Waals surface area contributed by atoms with E-state index in [4.69, 9.17) is 4.74 Å². The molecule has 7 heteroatoms. The molecule has 2 heterocycles. The SMILES string of the molecule is COc1ccc2[nH]c(CN3C[C@H](NS(C)(=O)=O)[C@@H](C(C)C)C3)c(C)c2c1. The monoisotopic (exact) mass is 379 g/mol. The van der Waals surface area contributed by atoms with Crippen LogP contribution in [-0.2, 0) is 16.6 Å². The Morgan fingerprint density at radius 1 is 1.35 bits per heavy atom. The molecule has 1 aromatic carbocycles. The number of hydrogen-bond acceptors (Lipinski definition) is 4. The van der Waals surface area contributed by atoms with Gasteiger partial charge in [0.2, 0.25) is 10.0 Å². The van der Waals surface area contributed by atoms with Crippen LogP contribution in [0.5, 0.6) is 5.75 Å². The van der Waals surface area contributed by atoms with Crippen LogP contribution < -0.4 is 9.46 Å². The Hall–Kier alpha value is -1.57. The number of rotatable bonds is 6. The van der Waals surface area contributed by atoms with Crippen LogP contribution in [0.25, 0.3) is 10.9 Å². The van der Waals surface area contributed by atoms with Gasteiger partial charge in [0.05, 0.1) is 13.4 Å². The molecular formula is C19H29N3O3S. The third-order valence-electron chi connectivity index (χ3n) is 5.41. The van der Waals surface area contributed by atoms with Gasteiger partial charge in [-0.25, -0.2) is 13.1 Å². The molecule has 0 saturated carbocycles. The predicted octanol–water partition coefficient (Wildman–Crippen LogP) is 2.49. The average Bonchev–Trinajstić information content (AvgIpc) is 3.07. The fourth-order valence-electron chi connectivity index (χ4n) is 3.99. The first-order chi connectivity index (χ1) is 12.2. The lowest BCUT2D eigenvalue weighted by molar-refractivity contribution is 0.293. The van der Waals surface area contributed by atoms with Crippen molar-refractivity contribution in [2.45, 2.75) is 33.4 Å². The maximum atomic E-state index is 11.7. The molecule has 2 atom stereocenters. The van der Waals surface area contributed by atoms with Crippen LogP contribution in [-0.4, -0.2) is 50.8 Å². The molecular weight excluding hydrogens is 350 g/mol. The second-order valence-electron chi connectivity index (χ2n) is 7.74. The van der Waals surface area contributed by atoms with Gasteiger partial charge in [-0.05, 0) is 42.5 Å². The maximum Gasteiger partial charge on any atom is 0.209 e. The quantitative estimate of drug-likeness (QED) is 0.809. The molecule has 26 heavy (non-hydrogen) atoms. The number of aryl methyl sites for hydroxylation is 1. The summed E-state index contributed by atoms with van der Waals surface area (Å²) in [5.41, 5.74) is 3.50. The summed E-state index contributed by atoms with van der Waals surface area (Å²) in [6.45, 7) is 8.85. The minimum Gasteiger partial charge on any atom is -0.497 e. The lowest BCUT2D eigenvalue weighted by atomic mass is 9.92. The maximum absolute atomic E-state index is 11.7. The number of fused-ring (bicyclic) bond motifs is 1. The third-order valence-corrected chi connectivity index (χ3v) is 6.14. The van der Waals surface area contributed by atoms with Gasteiger partial charge in [-0.1, -0.05) is 13.8 Å². The topological polar surface area (TPSA) is 74.4 Å². The number of ether oxygens (including phenoxy) is 1. The van der Waals surface area contributed by atoms with Crippen LogP contribution in [0.2, 0.25) is 0 Å². The summed E-state index contributed by atoms with van der Waals surface area (Å²) in [4.78, 5) is 5.85. The smallest absolute Gasteiger partial charge is 0.209 e. The third kappa shape index (κ3) is 4.05. The lowest BCUT2D eigenvalue weighted by Crippen LogP contribution is -2.41. The number of sulfonamides is 1. The van der Waals surface area contributed by atoms with Gasteiger partial charge < -0.3 is 9.72 Å². The van der Waals surface area contributed by atoms with Gasteiger partial charge in [0.15, 0.2) is 0 Å². The minimum atomic E-state index is -3.21. The molecule has 0 radical (unpaired) electrons. The molecule has 1 saturated heterocycles. The highest BCUT2D eigenvalue weighted by Gasteiger charge is 2.36. The second kappa shape index (κ2) is 7.21. The van der Waals surface area contributed by atoms with E-state index in [9.17, 15) is 8.42 Å². The van der Waals surface area contributed by atoms with Gasteiger partial charge in [0, 0.05) is 42.3 Å². The van der Waals surface area contributed by atoms with E-state index in [0.29, 0.717) is 11.8 Å². The summed E-state index contributed by atoms with van der Waals surface area (Å²) in [7, 11) is -1.53. The van der Waals surface area contributed by atoms with Crippen LogP contribution in [0.1, 0.15) is 25.1 Å². The van der Waals surface area contributed by atoms with E-state index in [-0.39, 0.29) is 6.04 Å². The zero-order valence-corrected chi connectivity index (χ0v) is 17.0. The first-order valence-electron chi connectivity index (χ1n) is 9.02. The van der Waals surface area contributed by atoms with E-state index in [0.717, 1.165) is 30.9 Å². The number of hydrogen-bond donors (Lipinski definition) is 2. The molecule has 1 aliphatic heterocycles. The Kier molecular flexibility index (Phi) is 5.33. The highest BCUT2D eigenvalue weighted by Crippen LogP contribution is 2.30. The summed E-state index contributed by atoms with van der Waals surface area (Å²) < 4.78 is 31.6. The first kappa shape index (κ1) is 19.2. The summed E-state index contributed by atoms with van der Waals surface area (Å²) >= 11 is 0. The highest BCUT2D eigenvalue weighted by molar-refractivity contribution is 7.88. The number of nitrogens with zero attached hydrogens (tertiary/aromatic N) is 1. The molecule has 3 rings (SSSR count). The van der Waals surface area contributed by atoms with E-state index in [1.165, 1.54) is 22.9 Å². The van der Waals surface area contributed by atoms with E-state index in [2.05, 4.69) is 41.4 Å². The molecule has 1 aliphatic rings. The highest BCUT2D eigenvalue weighted by atomic mass is 32.2. The molecule has 0 bridgehead atoms. The number of H-pyrrole nitrogens is 1. The number of benzene rings is 1. The van der Waals surface area contributed by atoms with Gasteiger partial charge in [0.1, 0.15) is 5.75 Å². The van der Waals surface area contributed by atoms with Crippen molar-refractivity contribution in [3.8, 4) is 5.75 Å². The Bertz CT molecular complexity index is 889. The summed E-state index contributed by atoms with van der Waals surface area (Å²) in [5, 5.41) is 1.17. The molecule has 0 unspecified atom stereocenters. The predicted molar refractivity (Wildman–Crippen MR) is 105 cm³/mol. The second-order valence-corrected chi connectivity index (χ2v) is 9.52. The minimum absolute atomic E-state index is 0.0326. The van der Waals surface area contributed by atoms with Crippen molar-refractivity contribution in [3.63, 3.8) is 0 Å². The van der Waals surface area contributed by atoms with Gasteiger partial charge in [-0.3, -0.25) is 4.90 Å². The molecule has 2 N–H and O–H groups in total. The standard InChI is InChI=1S/C19H29N3O3S/c1-12(2)16-9-22(11-19(16)21-26(5,23)24)10-18-13(3)15-8-14(25-4)6-7-17(15)20-18/h6-8,12,16,19-21H,9-11H2,1-5H3/t16-,19+/m1/s1. The molecule has 1 aromatic heterocycles. The Morgan fingerprint density at radius 3 is 2.69 bits per heavy atom.